The molecule has 0 heterocycles. The highest BCUT2D eigenvalue weighted by molar-refractivity contribution is 7.67. The smallest absolute Gasteiger partial charge is 0.353 e. The molecule has 192 valence electrons. The summed E-state index contributed by atoms with van der Waals surface area (Å²) in [6.07, 6.45) is 0. The second-order valence-electron chi connectivity index (χ2n) is 5.95. The molecule has 0 spiro atoms. The average Bonchev–Trinajstić information content (AvgIpc) is 2.77. The first-order valence-corrected chi connectivity index (χ1v) is 10.8. The van der Waals surface area contributed by atoms with E-state index < -0.39 is 80.0 Å². The normalized spacial score (nSPS) is 10.1. The highest BCUT2D eigenvalue weighted by Crippen LogP contribution is 2.18. The van der Waals surface area contributed by atoms with Crippen LogP contribution in [-0.4, -0.2) is 73.1 Å². The lowest BCUT2D eigenvalue weighted by Crippen LogP contribution is -2.15. The first kappa shape index (κ1) is 29.2. The van der Waals surface area contributed by atoms with Crippen molar-refractivity contribution in [2.45, 2.75) is 0 Å². The molecule has 0 fully saturated rings. The second kappa shape index (κ2) is 12.6. The fraction of sp³-hybridized carbons (Fsp3) is 0. The van der Waals surface area contributed by atoms with Crippen LogP contribution in [0, 0.1) is 0 Å². The number of benzene rings is 2. The zero-order chi connectivity index (χ0) is 27.7. The molecule has 0 aliphatic carbocycles. The summed E-state index contributed by atoms with van der Waals surface area (Å²) in [6.45, 7) is 0. The Balaban J connectivity index is 0.000000360. The van der Waals surface area contributed by atoms with E-state index in [1.54, 1.807) is 0 Å². The van der Waals surface area contributed by atoms with E-state index in [2.05, 4.69) is 8.37 Å². The molecule has 2 rings (SSSR count). The van der Waals surface area contributed by atoms with Crippen molar-refractivity contribution in [2.24, 2.45) is 0 Å². The van der Waals surface area contributed by atoms with Gasteiger partial charge in [-0.1, -0.05) is 0 Å². The lowest BCUT2D eigenvalue weighted by molar-refractivity contribution is 0.0637. The number of carboxylic acid groups (broad SMARTS) is 4. The molecular weight excluding hydrogens is 536 g/mol. The van der Waals surface area contributed by atoms with Crippen molar-refractivity contribution in [3.63, 3.8) is 0 Å². The van der Waals surface area contributed by atoms with Crippen molar-refractivity contribution >= 4 is 57.8 Å². The molecule has 0 saturated carbocycles. The number of aromatic carboxylic acids is 4. The summed E-state index contributed by atoms with van der Waals surface area (Å²) in [7, 11) is -6.63. The summed E-state index contributed by atoms with van der Waals surface area (Å²) < 4.78 is 48.3. The third-order valence-corrected chi connectivity index (χ3v) is 4.38. The molecule has 0 aromatic heterocycles. The summed E-state index contributed by atoms with van der Waals surface area (Å²) in [5.74, 6) is -8.86. The number of carboxylic acids is 4. The van der Waals surface area contributed by atoms with Gasteiger partial charge in [0.25, 0.3) is 0 Å². The fourth-order valence-electron chi connectivity index (χ4n) is 2.29. The zero-order valence-electron chi connectivity index (χ0n) is 17.0. The quantitative estimate of drug-likeness (QED) is 0.227. The number of carbonyl (C=O) groups excluding carboxylic acids is 2. The predicted octanol–water partition coefficient (Wildman–Crippen LogP) is -0.468. The van der Waals surface area contributed by atoms with Crippen LogP contribution in [0.1, 0.15) is 62.1 Å². The van der Waals surface area contributed by atoms with Gasteiger partial charge >= 0.3 is 57.8 Å². The average molecular weight is 548 g/mol. The van der Waals surface area contributed by atoms with Gasteiger partial charge in [-0.3, -0.25) is 0 Å². The van der Waals surface area contributed by atoms with Crippen LogP contribution in [0.5, 0.6) is 0 Å². The van der Waals surface area contributed by atoms with Crippen LogP contribution in [0.3, 0.4) is 0 Å². The van der Waals surface area contributed by atoms with E-state index in [9.17, 15) is 45.6 Å². The highest BCUT2D eigenvalue weighted by atomic mass is 32.2. The molecule has 0 aliphatic rings. The summed E-state index contributed by atoms with van der Waals surface area (Å²) in [4.78, 5) is 65.3. The van der Waals surface area contributed by atoms with Crippen LogP contribution in [0.2, 0.25) is 0 Å². The maximum atomic E-state index is 11.1. The molecule has 2 aromatic carbocycles. The third kappa shape index (κ3) is 8.18. The molecule has 0 aliphatic heterocycles. The van der Waals surface area contributed by atoms with Gasteiger partial charge in [0, 0.05) is 0 Å². The molecule has 0 amide bonds. The Labute approximate surface area is 202 Å². The van der Waals surface area contributed by atoms with Gasteiger partial charge in [-0.15, -0.1) is 0 Å². The van der Waals surface area contributed by atoms with Crippen molar-refractivity contribution in [1.82, 2.24) is 0 Å². The van der Waals surface area contributed by atoms with Gasteiger partial charge in [0.2, 0.25) is 0 Å². The van der Waals surface area contributed by atoms with E-state index in [0.29, 0.717) is 12.1 Å². The van der Waals surface area contributed by atoms with Crippen molar-refractivity contribution in [3.05, 3.63) is 69.8 Å². The molecule has 0 radical (unpaired) electrons. The van der Waals surface area contributed by atoms with Crippen LogP contribution in [0.15, 0.2) is 36.4 Å². The third-order valence-electron chi connectivity index (χ3n) is 3.75. The van der Waals surface area contributed by atoms with Gasteiger partial charge in [-0.2, -0.15) is 16.8 Å². The molecule has 2 aromatic rings. The topological polar surface area (TPSA) is 270 Å². The van der Waals surface area contributed by atoms with E-state index in [1.165, 1.54) is 0 Å². The summed E-state index contributed by atoms with van der Waals surface area (Å²) in [5, 5.41) is 35.0. The Hall–Kier alpha value is -4.84. The predicted molar refractivity (Wildman–Crippen MR) is 112 cm³/mol. The first-order valence-electron chi connectivity index (χ1n) is 8.60. The molecular formula is C18H12O16S2. The van der Waals surface area contributed by atoms with Crippen LogP contribution >= 0.6 is 0 Å². The minimum atomic E-state index is -3.32. The van der Waals surface area contributed by atoms with Crippen molar-refractivity contribution in [3.8, 4) is 0 Å². The van der Waals surface area contributed by atoms with E-state index in [0.717, 1.165) is 24.3 Å². The minimum absolute atomic E-state index is 0.114. The molecule has 16 nitrogen and oxygen atoms in total. The highest BCUT2D eigenvalue weighted by Gasteiger charge is 2.25. The first-order chi connectivity index (χ1) is 16.6. The molecule has 0 bridgehead atoms. The van der Waals surface area contributed by atoms with Crippen molar-refractivity contribution in [1.29, 1.82) is 0 Å². The summed E-state index contributed by atoms with van der Waals surface area (Å²) in [6, 6.07) is 5.39. The van der Waals surface area contributed by atoms with Crippen LogP contribution in [-0.2, 0) is 30.3 Å². The Morgan fingerprint density at radius 1 is 0.500 bits per heavy atom. The SMILES string of the molecule is O=C(O)c1cc(C(=O)O)c(C(=O)O)cc1C(=O)O.O=C(O[SH](=O)=O)c1ccc(C(=O)O[SH](=O)=O)cc1. The zero-order valence-corrected chi connectivity index (χ0v) is 18.8. The standard InChI is InChI=1S/C10H6O8.C8H6O8S2/c11-7(12)3-1-4(8(13)14)6(10(17)18)2-5(3)9(15)16;9-7(15-17(11)12)5-1-2-6(4-3-5)8(10)16-18(13)14/h1-2H,(H,11,12)(H,13,14)(H,15,16)(H,17,18);1-4,17-18H. The van der Waals surface area contributed by atoms with E-state index in [1.807, 2.05) is 0 Å². The number of thiol groups is 2. The van der Waals surface area contributed by atoms with Gasteiger partial charge in [0.15, 0.2) is 0 Å². The molecule has 0 unspecified atom stereocenters. The lowest BCUT2D eigenvalue weighted by atomic mass is 9.98. The van der Waals surface area contributed by atoms with Crippen LogP contribution in [0.25, 0.3) is 0 Å². The largest absolute Gasteiger partial charge is 0.478 e. The fourth-order valence-corrected chi connectivity index (χ4v) is 2.77. The van der Waals surface area contributed by atoms with Crippen LogP contribution in [0.4, 0.5) is 0 Å². The summed E-state index contributed by atoms with van der Waals surface area (Å²) in [5.41, 5.74) is -3.38. The second-order valence-corrected chi connectivity index (χ2v) is 7.21. The van der Waals surface area contributed by atoms with Gasteiger partial charge < -0.3 is 28.8 Å². The molecule has 36 heavy (non-hydrogen) atoms. The maximum absolute atomic E-state index is 11.1. The maximum Gasteiger partial charge on any atom is 0.353 e. The molecule has 18 heteroatoms. The van der Waals surface area contributed by atoms with Gasteiger partial charge in [0.1, 0.15) is 0 Å². The lowest BCUT2D eigenvalue weighted by Gasteiger charge is -2.06. The Morgan fingerprint density at radius 3 is 0.889 bits per heavy atom. The van der Waals surface area contributed by atoms with Crippen molar-refractivity contribution in [2.75, 3.05) is 0 Å². The monoisotopic (exact) mass is 548 g/mol. The Bertz CT molecular complexity index is 1230. The summed E-state index contributed by atoms with van der Waals surface area (Å²) >= 11 is 0. The molecule has 0 atom stereocenters. The van der Waals surface area contributed by atoms with E-state index in [-0.39, 0.29) is 11.1 Å². The van der Waals surface area contributed by atoms with E-state index in [4.69, 9.17) is 20.4 Å². The number of hydrogen-bond acceptors (Lipinski definition) is 12. The van der Waals surface area contributed by atoms with Gasteiger partial charge in [0.05, 0.1) is 33.4 Å². The Morgan fingerprint density at radius 2 is 0.722 bits per heavy atom. The molecule has 4 N–H and O–H groups in total. The van der Waals surface area contributed by atoms with Crippen LogP contribution < -0.4 is 0 Å². The minimum Gasteiger partial charge on any atom is -0.478 e. The number of carbonyl (C=O) groups is 6. The van der Waals surface area contributed by atoms with Crippen molar-refractivity contribution < 1.29 is 74.4 Å². The number of hydrogen-bond donors (Lipinski definition) is 6. The van der Waals surface area contributed by atoms with Gasteiger partial charge in [-0.25, -0.2) is 28.8 Å². The molecule has 0 saturated heterocycles. The van der Waals surface area contributed by atoms with Gasteiger partial charge in [-0.05, 0) is 36.4 Å². The number of rotatable bonds is 8. The Kier molecular flexibility index (Phi) is 10.2. The van der Waals surface area contributed by atoms with E-state index >= 15 is 0 Å².